The summed E-state index contributed by atoms with van der Waals surface area (Å²) in [6.45, 7) is 0. The fourth-order valence-electron chi connectivity index (χ4n) is 10.5. The molecule has 13 aromatic rings. The van der Waals surface area contributed by atoms with Gasteiger partial charge >= 0.3 is 0 Å². The first-order valence-corrected chi connectivity index (χ1v) is 22.8. The van der Waals surface area contributed by atoms with E-state index in [1.54, 1.807) is 0 Å². The Kier molecular flexibility index (Phi) is 8.89. The van der Waals surface area contributed by atoms with Gasteiger partial charge in [0.25, 0.3) is 0 Å². The summed E-state index contributed by atoms with van der Waals surface area (Å²) < 4.78 is 2.46. The minimum Gasteiger partial charge on any atom is -0.309 e. The molecule has 0 saturated carbocycles. The third-order valence-electron chi connectivity index (χ3n) is 13.5. The van der Waals surface area contributed by atoms with Crippen LogP contribution in [0.1, 0.15) is 0 Å². The van der Waals surface area contributed by atoms with Crippen LogP contribution in [0.5, 0.6) is 0 Å². The minimum absolute atomic E-state index is 1.09. The number of rotatable bonds is 8. The molecule has 0 radical (unpaired) electrons. The van der Waals surface area contributed by atoms with E-state index in [0.29, 0.717) is 0 Å². The number of para-hydroxylation sites is 3. The van der Waals surface area contributed by atoms with Gasteiger partial charge in [0, 0.05) is 32.8 Å². The average molecular weight is 839 g/mol. The van der Waals surface area contributed by atoms with Crippen molar-refractivity contribution in [1.29, 1.82) is 0 Å². The van der Waals surface area contributed by atoms with Crippen molar-refractivity contribution in [2.24, 2.45) is 0 Å². The predicted octanol–water partition coefficient (Wildman–Crippen LogP) is 17.8. The number of anilines is 3. The molecule has 0 aliphatic rings. The smallest absolute Gasteiger partial charge is 0.0541 e. The van der Waals surface area contributed by atoms with Crippen LogP contribution in [-0.2, 0) is 0 Å². The molecule has 2 nitrogen and oxygen atoms in total. The number of hydrogen-bond acceptors (Lipinski definition) is 1. The van der Waals surface area contributed by atoms with Crippen LogP contribution >= 0.6 is 0 Å². The average Bonchev–Trinajstić information content (AvgIpc) is 3.73. The maximum absolute atomic E-state index is 2.49. The van der Waals surface area contributed by atoms with Gasteiger partial charge in [-0.3, -0.25) is 0 Å². The number of nitrogens with zero attached hydrogens (tertiary/aromatic N) is 2. The van der Waals surface area contributed by atoms with Crippen molar-refractivity contribution in [2.75, 3.05) is 4.90 Å². The first-order chi connectivity index (χ1) is 32.7. The Morgan fingerprint density at radius 2 is 0.758 bits per heavy atom. The van der Waals surface area contributed by atoms with E-state index in [1.165, 1.54) is 87.6 Å². The Labute approximate surface area is 383 Å². The summed E-state index contributed by atoms with van der Waals surface area (Å²) in [6.07, 6.45) is 0. The maximum Gasteiger partial charge on any atom is 0.0541 e. The largest absolute Gasteiger partial charge is 0.309 e. The Balaban J connectivity index is 1.04. The Morgan fingerprint density at radius 1 is 0.273 bits per heavy atom. The normalized spacial score (nSPS) is 11.6. The second-order valence-corrected chi connectivity index (χ2v) is 17.3. The Hall–Kier alpha value is -8.72. The van der Waals surface area contributed by atoms with Crippen LogP contribution in [-0.4, -0.2) is 4.57 Å². The zero-order valence-electron chi connectivity index (χ0n) is 36.1. The fourth-order valence-corrected chi connectivity index (χ4v) is 10.5. The molecule has 308 valence electrons. The molecule has 1 aromatic heterocycles. The molecule has 0 atom stereocenters. The van der Waals surface area contributed by atoms with Crippen LogP contribution in [0.4, 0.5) is 17.1 Å². The highest BCUT2D eigenvalue weighted by molar-refractivity contribution is 6.27. The second-order valence-electron chi connectivity index (χ2n) is 17.3. The zero-order chi connectivity index (χ0) is 43.6. The van der Waals surface area contributed by atoms with Crippen molar-refractivity contribution in [3.63, 3.8) is 0 Å². The summed E-state index contributed by atoms with van der Waals surface area (Å²) in [5, 5.41) is 9.97. The zero-order valence-corrected chi connectivity index (χ0v) is 36.1. The predicted molar refractivity (Wildman–Crippen MR) is 281 cm³/mol. The highest BCUT2D eigenvalue weighted by atomic mass is 15.1. The molecule has 0 bridgehead atoms. The molecule has 0 aliphatic heterocycles. The van der Waals surface area contributed by atoms with E-state index in [1.807, 2.05) is 0 Å². The van der Waals surface area contributed by atoms with Crippen molar-refractivity contribution in [2.45, 2.75) is 0 Å². The van der Waals surface area contributed by atoms with Crippen LogP contribution in [0.15, 0.2) is 255 Å². The Bertz CT molecular complexity index is 3870. The highest BCUT2D eigenvalue weighted by Gasteiger charge is 2.23. The van der Waals surface area contributed by atoms with Crippen LogP contribution in [0.2, 0.25) is 0 Å². The molecule has 0 fully saturated rings. The third-order valence-corrected chi connectivity index (χ3v) is 13.5. The lowest BCUT2D eigenvalue weighted by Crippen LogP contribution is -2.12. The molecule has 13 rings (SSSR count). The van der Waals surface area contributed by atoms with Gasteiger partial charge in [0.1, 0.15) is 0 Å². The molecular weight excluding hydrogens is 797 g/mol. The van der Waals surface area contributed by atoms with Gasteiger partial charge in [-0.2, -0.15) is 0 Å². The fraction of sp³-hybridized carbons (Fsp3) is 0. The maximum atomic E-state index is 2.49. The molecule has 0 unspecified atom stereocenters. The van der Waals surface area contributed by atoms with E-state index in [4.69, 9.17) is 0 Å². The van der Waals surface area contributed by atoms with E-state index in [-0.39, 0.29) is 0 Å². The number of benzene rings is 12. The topological polar surface area (TPSA) is 8.17 Å². The minimum atomic E-state index is 1.09. The van der Waals surface area contributed by atoms with Crippen molar-refractivity contribution in [3.05, 3.63) is 255 Å². The van der Waals surface area contributed by atoms with Crippen LogP contribution < -0.4 is 4.90 Å². The quantitative estimate of drug-likeness (QED) is 0.138. The summed E-state index contributed by atoms with van der Waals surface area (Å²) >= 11 is 0. The van der Waals surface area contributed by atoms with E-state index in [0.717, 1.165) is 33.8 Å². The van der Waals surface area contributed by atoms with E-state index >= 15 is 0 Å². The lowest BCUT2D eigenvalue weighted by Gasteiger charge is -2.30. The summed E-state index contributed by atoms with van der Waals surface area (Å²) in [7, 11) is 0. The van der Waals surface area contributed by atoms with E-state index in [2.05, 4.69) is 264 Å². The standard InChI is InChI=1S/C64H42N2/c1-3-15-43(16-4-1)45-29-31-46(32-30-45)50-20-14-22-52(42-50)65(58-26-10-7-23-53(58)51-21-13-19-49(41-51)44-17-5-2-6-18-44)61-39-35-47-34-38-57-62(40-36-48-33-37-56(61)63(47)64(48)57)66-59-27-11-8-24-54(59)55-25-9-12-28-60(55)66/h1-42H. The summed E-state index contributed by atoms with van der Waals surface area (Å²) in [5.41, 5.74) is 16.4. The van der Waals surface area contributed by atoms with Gasteiger partial charge < -0.3 is 9.47 Å². The van der Waals surface area contributed by atoms with Crippen LogP contribution in [0.3, 0.4) is 0 Å². The lowest BCUT2D eigenvalue weighted by atomic mass is 9.91. The van der Waals surface area contributed by atoms with Crippen LogP contribution in [0, 0.1) is 0 Å². The van der Waals surface area contributed by atoms with Gasteiger partial charge in [-0.05, 0) is 109 Å². The third kappa shape index (κ3) is 6.18. The molecule has 66 heavy (non-hydrogen) atoms. The summed E-state index contributed by atoms with van der Waals surface area (Å²) in [5.74, 6) is 0. The van der Waals surface area contributed by atoms with Crippen LogP contribution in [0.25, 0.3) is 104 Å². The monoisotopic (exact) mass is 838 g/mol. The molecule has 0 N–H and O–H groups in total. The van der Waals surface area contributed by atoms with Crippen molar-refractivity contribution < 1.29 is 0 Å². The van der Waals surface area contributed by atoms with Gasteiger partial charge in [0.2, 0.25) is 0 Å². The Morgan fingerprint density at radius 3 is 1.47 bits per heavy atom. The van der Waals surface area contributed by atoms with Gasteiger partial charge in [0.05, 0.1) is 28.1 Å². The number of aromatic nitrogens is 1. The number of fused-ring (bicyclic) bond motifs is 3. The summed E-state index contributed by atoms with van der Waals surface area (Å²) in [4.78, 5) is 2.49. The molecule has 0 saturated heterocycles. The first kappa shape index (κ1) is 37.8. The molecular formula is C64H42N2. The van der Waals surface area contributed by atoms with Gasteiger partial charge in [-0.1, -0.05) is 206 Å². The lowest BCUT2D eigenvalue weighted by molar-refractivity contribution is 1.20. The van der Waals surface area contributed by atoms with Crippen molar-refractivity contribution >= 4 is 71.2 Å². The second kappa shape index (κ2) is 15.5. The van der Waals surface area contributed by atoms with Gasteiger partial charge in [0.15, 0.2) is 0 Å². The SMILES string of the molecule is c1ccc(-c2ccc(-c3cccc(N(c4ccccc4-c4cccc(-c5ccccc5)c4)c4ccc5ccc6c(-n7c8ccccc8c8ccccc87)ccc7ccc4c5c76)c3)cc2)cc1. The first-order valence-electron chi connectivity index (χ1n) is 22.8. The van der Waals surface area contributed by atoms with E-state index in [9.17, 15) is 0 Å². The molecule has 1 heterocycles. The van der Waals surface area contributed by atoms with Crippen molar-refractivity contribution in [3.8, 4) is 50.2 Å². The van der Waals surface area contributed by atoms with Gasteiger partial charge in [-0.15, -0.1) is 0 Å². The number of hydrogen-bond donors (Lipinski definition) is 0. The molecule has 2 heteroatoms. The van der Waals surface area contributed by atoms with Gasteiger partial charge in [-0.25, -0.2) is 0 Å². The molecule has 0 amide bonds. The van der Waals surface area contributed by atoms with Crippen molar-refractivity contribution in [1.82, 2.24) is 4.57 Å². The highest BCUT2D eigenvalue weighted by Crippen LogP contribution is 2.48. The molecule has 0 spiro atoms. The molecule has 12 aromatic carbocycles. The summed E-state index contributed by atoms with van der Waals surface area (Å²) in [6, 6.07) is 93.3. The van der Waals surface area contributed by atoms with E-state index < -0.39 is 0 Å². The molecule has 0 aliphatic carbocycles.